The van der Waals surface area contributed by atoms with Gasteiger partial charge >= 0.3 is 0 Å². The Morgan fingerprint density at radius 3 is 2.76 bits per heavy atom. The predicted octanol–water partition coefficient (Wildman–Crippen LogP) is 2.03. The maximum Gasteiger partial charge on any atom is 0.290 e. The van der Waals surface area contributed by atoms with E-state index in [-0.39, 0.29) is 28.8 Å². The van der Waals surface area contributed by atoms with Crippen molar-refractivity contribution in [3.8, 4) is 0 Å². The zero-order chi connectivity index (χ0) is 16.0. The van der Waals surface area contributed by atoms with Crippen molar-refractivity contribution in [3.63, 3.8) is 0 Å². The summed E-state index contributed by atoms with van der Waals surface area (Å²) < 4.78 is 4.75. The normalized spacial score (nSPS) is 12.0. The van der Waals surface area contributed by atoms with Crippen LogP contribution in [0.25, 0.3) is 0 Å². The number of hydrogen-bond acceptors (Lipinski definition) is 5. The second kappa shape index (κ2) is 8.14. The number of carbonyl (C=O) groups is 1. The summed E-state index contributed by atoms with van der Waals surface area (Å²) in [6, 6.07) is 2.30. The average molecular weight is 337 g/mol. The van der Waals surface area contributed by atoms with Crippen LogP contribution < -0.4 is 5.32 Å². The number of benzene rings is 1. The third-order valence-electron chi connectivity index (χ3n) is 2.59. The van der Waals surface area contributed by atoms with Gasteiger partial charge in [-0.2, -0.15) is 0 Å². The standard InChI is InChI=1S/C12H14Cl2N2O5/c1-21-6-8(17)2-3-15-12(18)7-4-9(13)11(14)10(5-7)16(19)20/h4-5,8,17H,2-3,6H2,1H3,(H,15,18). The Labute approximate surface area is 130 Å². The maximum atomic E-state index is 11.9. The van der Waals surface area contributed by atoms with Crippen molar-refractivity contribution in [2.24, 2.45) is 0 Å². The summed E-state index contributed by atoms with van der Waals surface area (Å²) in [5, 5.41) is 22.5. The van der Waals surface area contributed by atoms with Gasteiger partial charge in [-0.25, -0.2) is 0 Å². The Hall–Kier alpha value is -1.41. The maximum absolute atomic E-state index is 11.9. The summed E-state index contributed by atoms with van der Waals surface area (Å²) in [5.74, 6) is -0.540. The van der Waals surface area contributed by atoms with Crippen LogP contribution in [-0.4, -0.2) is 42.3 Å². The Morgan fingerprint density at radius 2 is 2.19 bits per heavy atom. The smallest absolute Gasteiger partial charge is 0.290 e. The second-order valence-electron chi connectivity index (χ2n) is 4.20. The molecule has 0 saturated heterocycles. The average Bonchev–Trinajstić information content (AvgIpc) is 2.41. The zero-order valence-electron chi connectivity index (χ0n) is 11.1. The van der Waals surface area contributed by atoms with Gasteiger partial charge in [0.25, 0.3) is 11.6 Å². The number of nitro groups is 1. The number of aliphatic hydroxyl groups excluding tert-OH is 1. The fourth-order valence-electron chi connectivity index (χ4n) is 1.57. The SMILES string of the molecule is COCC(O)CCNC(=O)c1cc(Cl)c(Cl)c([N+](=O)[O-])c1. The highest BCUT2D eigenvalue weighted by Gasteiger charge is 2.20. The summed E-state index contributed by atoms with van der Waals surface area (Å²) in [7, 11) is 1.46. The lowest BCUT2D eigenvalue weighted by Crippen LogP contribution is -2.28. The number of nitrogens with one attached hydrogen (secondary N) is 1. The summed E-state index contributed by atoms with van der Waals surface area (Å²) in [6.45, 7) is 0.353. The first-order valence-electron chi connectivity index (χ1n) is 5.95. The molecular formula is C12H14Cl2N2O5. The Morgan fingerprint density at radius 1 is 1.52 bits per heavy atom. The molecule has 2 N–H and O–H groups in total. The first-order chi connectivity index (χ1) is 9.86. The molecule has 0 aliphatic rings. The molecule has 1 rings (SSSR count). The van der Waals surface area contributed by atoms with Gasteiger partial charge in [0.1, 0.15) is 5.02 Å². The number of halogens is 2. The molecule has 116 valence electrons. The number of nitrogens with zero attached hydrogens (tertiary/aromatic N) is 1. The number of nitro benzene ring substituents is 1. The largest absolute Gasteiger partial charge is 0.391 e. The van der Waals surface area contributed by atoms with Crippen LogP contribution in [0.5, 0.6) is 0 Å². The van der Waals surface area contributed by atoms with Gasteiger partial charge in [0.05, 0.1) is 22.7 Å². The molecule has 0 spiro atoms. The van der Waals surface area contributed by atoms with Gasteiger partial charge in [0.2, 0.25) is 0 Å². The molecule has 1 aromatic rings. The molecule has 0 radical (unpaired) electrons. The van der Waals surface area contributed by atoms with Crippen LogP contribution in [0.2, 0.25) is 10.0 Å². The van der Waals surface area contributed by atoms with Crippen LogP contribution in [0.15, 0.2) is 12.1 Å². The van der Waals surface area contributed by atoms with Crippen LogP contribution in [0.3, 0.4) is 0 Å². The first-order valence-corrected chi connectivity index (χ1v) is 6.71. The van der Waals surface area contributed by atoms with E-state index in [0.717, 1.165) is 6.07 Å². The molecule has 0 fully saturated rings. The number of aliphatic hydroxyl groups is 1. The highest BCUT2D eigenvalue weighted by Crippen LogP contribution is 2.32. The minimum atomic E-state index is -0.715. The van der Waals surface area contributed by atoms with E-state index < -0.39 is 22.6 Å². The van der Waals surface area contributed by atoms with E-state index in [9.17, 15) is 20.0 Å². The highest BCUT2D eigenvalue weighted by atomic mass is 35.5. The van der Waals surface area contributed by atoms with Crippen molar-refractivity contribution in [1.82, 2.24) is 5.32 Å². The molecule has 0 aromatic heterocycles. The topological polar surface area (TPSA) is 102 Å². The Kier molecular flexibility index (Phi) is 6.83. The molecule has 9 heteroatoms. The van der Waals surface area contributed by atoms with Crippen molar-refractivity contribution in [2.45, 2.75) is 12.5 Å². The summed E-state index contributed by atoms with van der Waals surface area (Å²) in [6.07, 6.45) is -0.401. The molecule has 1 unspecified atom stereocenters. The molecule has 0 aliphatic carbocycles. The van der Waals surface area contributed by atoms with Crippen LogP contribution in [0.4, 0.5) is 5.69 Å². The predicted molar refractivity (Wildman–Crippen MR) is 77.9 cm³/mol. The fraction of sp³-hybridized carbons (Fsp3) is 0.417. The third-order valence-corrected chi connectivity index (χ3v) is 3.38. The summed E-state index contributed by atoms with van der Waals surface area (Å²) in [4.78, 5) is 22.0. The summed E-state index contributed by atoms with van der Waals surface area (Å²) >= 11 is 11.5. The van der Waals surface area contributed by atoms with E-state index in [2.05, 4.69) is 5.32 Å². The van der Waals surface area contributed by atoms with E-state index in [0.29, 0.717) is 6.42 Å². The van der Waals surface area contributed by atoms with Crippen molar-refractivity contribution in [3.05, 3.63) is 37.9 Å². The fourth-order valence-corrected chi connectivity index (χ4v) is 1.96. The van der Waals surface area contributed by atoms with Crippen molar-refractivity contribution >= 4 is 34.8 Å². The number of carbonyl (C=O) groups excluding carboxylic acids is 1. The zero-order valence-corrected chi connectivity index (χ0v) is 12.6. The molecule has 1 atom stereocenters. The summed E-state index contributed by atoms with van der Waals surface area (Å²) in [5.41, 5.74) is -0.411. The third kappa shape index (κ3) is 5.13. The lowest BCUT2D eigenvalue weighted by molar-refractivity contribution is -0.384. The number of methoxy groups -OCH3 is 1. The molecule has 7 nitrogen and oxygen atoms in total. The van der Waals surface area contributed by atoms with Crippen LogP contribution in [0, 0.1) is 10.1 Å². The molecule has 21 heavy (non-hydrogen) atoms. The van der Waals surface area contributed by atoms with Gasteiger partial charge in [-0.15, -0.1) is 0 Å². The molecule has 0 aliphatic heterocycles. The van der Waals surface area contributed by atoms with Crippen molar-refractivity contribution < 1.29 is 19.6 Å². The lowest BCUT2D eigenvalue weighted by atomic mass is 10.2. The van der Waals surface area contributed by atoms with Gasteiger partial charge in [-0.1, -0.05) is 23.2 Å². The molecule has 1 aromatic carbocycles. The van der Waals surface area contributed by atoms with Gasteiger partial charge < -0.3 is 15.2 Å². The van der Waals surface area contributed by atoms with E-state index in [4.69, 9.17) is 27.9 Å². The van der Waals surface area contributed by atoms with Gasteiger partial charge in [-0.05, 0) is 12.5 Å². The highest BCUT2D eigenvalue weighted by molar-refractivity contribution is 6.43. The second-order valence-corrected chi connectivity index (χ2v) is 4.99. The van der Waals surface area contributed by atoms with Crippen LogP contribution in [0.1, 0.15) is 16.8 Å². The number of hydrogen-bond donors (Lipinski definition) is 2. The van der Waals surface area contributed by atoms with Gasteiger partial charge in [0, 0.05) is 25.3 Å². The van der Waals surface area contributed by atoms with E-state index in [1.165, 1.54) is 13.2 Å². The molecular weight excluding hydrogens is 323 g/mol. The Balaban J connectivity index is 2.73. The number of amides is 1. The number of rotatable bonds is 7. The molecule has 0 heterocycles. The van der Waals surface area contributed by atoms with Crippen LogP contribution >= 0.6 is 23.2 Å². The van der Waals surface area contributed by atoms with E-state index in [1.807, 2.05) is 0 Å². The van der Waals surface area contributed by atoms with Gasteiger partial charge in [0.15, 0.2) is 0 Å². The van der Waals surface area contributed by atoms with E-state index in [1.54, 1.807) is 0 Å². The minimum Gasteiger partial charge on any atom is -0.391 e. The molecule has 0 bridgehead atoms. The monoisotopic (exact) mass is 336 g/mol. The van der Waals surface area contributed by atoms with Crippen molar-refractivity contribution in [1.29, 1.82) is 0 Å². The van der Waals surface area contributed by atoms with Crippen LogP contribution in [-0.2, 0) is 4.74 Å². The number of ether oxygens (including phenoxy) is 1. The first kappa shape index (κ1) is 17.6. The molecule has 0 saturated carbocycles. The van der Waals surface area contributed by atoms with Crippen molar-refractivity contribution in [2.75, 3.05) is 20.3 Å². The van der Waals surface area contributed by atoms with Gasteiger partial charge in [-0.3, -0.25) is 14.9 Å². The Bertz CT molecular complexity index is 539. The molecule has 1 amide bonds. The van der Waals surface area contributed by atoms with E-state index >= 15 is 0 Å². The lowest BCUT2D eigenvalue weighted by Gasteiger charge is -2.10. The quantitative estimate of drug-likeness (QED) is 0.585. The minimum absolute atomic E-state index is 0.0253.